The second-order valence-corrected chi connectivity index (χ2v) is 6.39. The minimum Gasteiger partial charge on any atom is -0.356 e. The molecule has 3 aromatic rings. The minimum absolute atomic E-state index is 0.0897. The fourth-order valence-electron chi connectivity index (χ4n) is 2.86. The van der Waals surface area contributed by atoms with Gasteiger partial charge in [0, 0.05) is 22.2 Å². The number of rotatable bonds is 3. The van der Waals surface area contributed by atoms with Gasteiger partial charge in [-0.2, -0.15) is 0 Å². The minimum atomic E-state index is 0.0897. The number of thiazole rings is 1. The van der Waals surface area contributed by atoms with Gasteiger partial charge >= 0.3 is 0 Å². The molecule has 2 heterocycles. The lowest BCUT2D eigenvalue weighted by atomic mass is 10.1. The lowest BCUT2D eigenvalue weighted by Crippen LogP contribution is -1.94. The Morgan fingerprint density at radius 1 is 1.18 bits per heavy atom. The number of aromatic amines is 1. The van der Waals surface area contributed by atoms with Gasteiger partial charge < -0.3 is 4.98 Å². The molecule has 0 aliphatic rings. The maximum absolute atomic E-state index is 11.8. The summed E-state index contributed by atoms with van der Waals surface area (Å²) in [5.74, 6) is 0.0897. The third-order valence-electron chi connectivity index (χ3n) is 3.93. The molecule has 4 heteroatoms. The Balaban J connectivity index is 2.07. The van der Waals surface area contributed by atoms with Crippen LogP contribution in [-0.4, -0.2) is 15.8 Å². The lowest BCUT2D eigenvalue weighted by Gasteiger charge is -2.00. The molecule has 1 aromatic carbocycles. The molecule has 3 rings (SSSR count). The standard InChI is InChI=1S/C18H18N2OS/c1-10-7-5-6-8-14(10)18-20-15(9-22-18)17-11(2)16(13(4)21)12(3)19-17/h5-9,19H,1-4H3. The summed E-state index contributed by atoms with van der Waals surface area (Å²) in [5, 5.41) is 3.05. The van der Waals surface area contributed by atoms with E-state index in [1.807, 2.05) is 31.4 Å². The third-order valence-corrected chi connectivity index (χ3v) is 4.80. The van der Waals surface area contributed by atoms with E-state index in [2.05, 4.69) is 24.0 Å². The molecule has 0 aliphatic carbocycles. The average molecular weight is 310 g/mol. The Labute approximate surface area is 134 Å². The van der Waals surface area contributed by atoms with Gasteiger partial charge in [0.15, 0.2) is 5.78 Å². The molecule has 3 nitrogen and oxygen atoms in total. The Bertz CT molecular complexity index is 858. The number of ketones is 1. The van der Waals surface area contributed by atoms with Crippen molar-refractivity contribution in [2.45, 2.75) is 27.7 Å². The van der Waals surface area contributed by atoms with E-state index in [4.69, 9.17) is 4.98 Å². The summed E-state index contributed by atoms with van der Waals surface area (Å²) in [5.41, 5.74) is 6.88. The van der Waals surface area contributed by atoms with Gasteiger partial charge in [-0.3, -0.25) is 4.79 Å². The highest BCUT2D eigenvalue weighted by Crippen LogP contribution is 2.33. The SMILES string of the molecule is CC(=O)c1c(C)[nH]c(-c2csc(-c3ccccc3C)n2)c1C. The monoisotopic (exact) mass is 310 g/mol. The van der Waals surface area contributed by atoms with Crippen LogP contribution < -0.4 is 0 Å². The summed E-state index contributed by atoms with van der Waals surface area (Å²) in [6.45, 7) is 7.60. The predicted octanol–water partition coefficient (Wildman–Crippen LogP) is 4.93. The normalized spacial score (nSPS) is 10.9. The second kappa shape index (κ2) is 5.54. The molecule has 22 heavy (non-hydrogen) atoms. The van der Waals surface area contributed by atoms with E-state index in [9.17, 15) is 4.79 Å². The maximum Gasteiger partial charge on any atom is 0.161 e. The summed E-state index contributed by atoms with van der Waals surface area (Å²) in [7, 11) is 0. The van der Waals surface area contributed by atoms with Crippen molar-refractivity contribution in [1.82, 2.24) is 9.97 Å². The van der Waals surface area contributed by atoms with E-state index in [-0.39, 0.29) is 5.78 Å². The number of aryl methyl sites for hydroxylation is 2. The number of hydrogen-bond acceptors (Lipinski definition) is 3. The van der Waals surface area contributed by atoms with E-state index in [1.54, 1.807) is 18.3 Å². The van der Waals surface area contributed by atoms with Crippen molar-refractivity contribution >= 4 is 17.1 Å². The van der Waals surface area contributed by atoms with Crippen LogP contribution in [-0.2, 0) is 0 Å². The number of carbonyl (C=O) groups is 1. The van der Waals surface area contributed by atoms with E-state index < -0.39 is 0 Å². The smallest absolute Gasteiger partial charge is 0.161 e. The molecule has 0 saturated heterocycles. The van der Waals surface area contributed by atoms with E-state index >= 15 is 0 Å². The number of nitrogens with zero attached hydrogens (tertiary/aromatic N) is 1. The van der Waals surface area contributed by atoms with Gasteiger partial charge in [0.05, 0.1) is 11.4 Å². The van der Waals surface area contributed by atoms with Crippen molar-refractivity contribution in [3.8, 4) is 22.0 Å². The van der Waals surface area contributed by atoms with Gasteiger partial charge in [0.1, 0.15) is 5.01 Å². The predicted molar refractivity (Wildman–Crippen MR) is 91.6 cm³/mol. The zero-order chi connectivity index (χ0) is 15.9. The van der Waals surface area contributed by atoms with Crippen LogP contribution in [0.5, 0.6) is 0 Å². The van der Waals surface area contributed by atoms with Gasteiger partial charge in [-0.1, -0.05) is 24.3 Å². The topological polar surface area (TPSA) is 45.8 Å². The lowest BCUT2D eigenvalue weighted by molar-refractivity contribution is 0.101. The van der Waals surface area contributed by atoms with Crippen LogP contribution >= 0.6 is 11.3 Å². The number of benzene rings is 1. The summed E-state index contributed by atoms with van der Waals surface area (Å²) < 4.78 is 0. The molecule has 0 bridgehead atoms. The molecule has 0 unspecified atom stereocenters. The average Bonchev–Trinajstić information content (AvgIpc) is 3.04. The Morgan fingerprint density at radius 2 is 1.91 bits per heavy atom. The highest BCUT2D eigenvalue weighted by Gasteiger charge is 2.18. The summed E-state index contributed by atoms with van der Waals surface area (Å²) in [4.78, 5) is 19.8. The molecule has 0 aliphatic heterocycles. The number of nitrogens with one attached hydrogen (secondary N) is 1. The molecule has 112 valence electrons. The highest BCUT2D eigenvalue weighted by molar-refractivity contribution is 7.13. The van der Waals surface area contributed by atoms with Crippen LogP contribution in [0.3, 0.4) is 0 Å². The zero-order valence-electron chi connectivity index (χ0n) is 13.2. The van der Waals surface area contributed by atoms with Gasteiger partial charge in [0.25, 0.3) is 0 Å². The van der Waals surface area contributed by atoms with Crippen molar-refractivity contribution < 1.29 is 4.79 Å². The largest absolute Gasteiger partial charge is 0.356 e. The molecule has 0 atom stereocenters. The molecule has 0 radical (unpaired) electrons. The zero-order valence-corrected chi connectivity index (χ0v) is 14.0. The third kappa shape index (κ3) is 2.40. The maximum atomic E-state index is 11.8. The molecule has 0 saturated carbocycles. The summed E-state index contributed by atoms with van der Waals surface area (Å²) in [6.07, 6.45) is 0. The molecular weight excluding hydrogens is 292 g/mol. The van der Waals surface area contributed by atoms with Crippen LogP contribution in [0.15, 0.2) is 29.6 Å². The van der Waals surface area contributed by atoms with E-state index in [0.717, 1.165) is 38.8 Å². The molecule has 0 spiro atoms. The van der Waals surface area contributed by atoms with Crippen LogP contribution in [0.1, 0.15) is 34.1 Å². The van der Waals surface area contributed by atoms with E-state index in [0.29, 0.717) is 0 Å². The first-order valence-electron chi connectivity index (χ1n) is 7.21. The number of aromatic nitrogens is 2. The summed E-state index contributed by atoms with van der Waals surface area (Å²) >= 11 is 1.63. The van der Waals surface area contributed by atoms with Crippen LogP contribution in [0, 0.1) is 20.8 Å². The van der Waals surface area contributed by atoms with Crippen molar-refractivity contribution in [3.05, 3.63) is 52.0 Å². The number of carbonyl (C=O) groups excluding carboxylic acids is 1. The summed E-state index contributed by atoms with van der Waals surface area (Å²) in [6, 6.07) is 8.24. The van der Waals surface area contributed by atoms with Crippen LogP contribution in [0.2, 0.25) is 0 Å². The number of H-pyrrole nitrogens is 1. The van der Waals surface area contributed by atoms with E-state index in [1.165, 1.54) is 5.56 Å². The van der Waals surface area contributed by atoms with Gasteiger partial charge in [-0.15, -0.1) is 11.3 Å². The highest BCUT2D eigenvalue weighted by atomic mass is 32.1. The molecule has 0 amide bonds. The molecular formula is C18H18N2OS. The Morgan fingerprint density at radius 3 is 2.55 bits per heavy atom. The van der Waals surface area contributed by atoms with Crippen molar-refractivity contribution in [2.75, 3.05) is 0 Å². The van der Waals surface area contributed by atoms with Crippen molar-refractivity contribution in [1.29, 1.82) is 0 Å². The van der Waals surface area contributed by atoms with Crippen LogP contribution in [0.25, 0.3) is 22.0 Å². The van der Waals surface area contributed by atoms with Gasteiger partial charge in [-0.25, -0.2) is 4.98 Å². The second-order valence-electron chi connectivity index (χ2n) is 5.53. The van der Waals surface area contributed by atoms with Crippen LogP contribution in [0.4, 0.5) is 0 Å². The first kappa shape index (κ1) is 14.7. The molecule has 2 aromatic heterocycles. The number of Topliss-reactive ketones (excluding diaryl/α,β-unsaturated/α-hetero) is 1. The molecule has 1 N–H and O–H groups in total. The Hall–Kier alpha value is -2.20. The first-order chi connectivity index (χ1) is 10.5. The van der Waals surface area contributed by atoms with Gasteiger partial charge in [-0.05, 0) is 38.8 Å². The quantitative estimate of drug-likeness (QED) is 0.697. The number of hydrogen-bond donors (Lipinski definition) is 1. The van der Waals surface area contributed by atoms with Gasteiger partial charge in [0.2, 0.25) is 0 Å². The molecule has 0 fully saturated rings. The Kier molecular flexibility index (Phi) is 3.71. The van der Waals surface area contributed by atoms with Crippen molar-refractivity contribution in [3.63, 3.8) is 0 Å². The fraction of sp³-hybridized carbons (Fsp3) is 0.222. The first-order valence-corrected chi connectivity index (χ1v) is 8.09. The fourth-order valence-corrected chi connectivity index (χ4v) is 3.76. The van der Waals surface area contributed by atoms with Crippen molar-refractivity contribution in [2.24, 2.45) is 0 Å².